The summed E-state index contributed by atoms with van der Waals surface area (Å²) >= 11 is 6.83. The first-order chi connectivity index (χ1) is 6.68. The van der Waals surface area contributed by atoms with Crippen molar-refractivity contribution < 1.29 is 4.39 Å². The van der Waals surface area contributed by atoms with Crippen LogP contribution in [0.5, 0.6) is 0 Å². The molecular formula is C8H5ClFN3S. The number of halogens is 2. The van der Waals surface area contributed by atoms with Crippen molar-refractivity contribution in [2.24, 2.45) is 0 Å². The zero-order valence-electron chi connectivity index (χ0n) is 6.87. The van der Waals surface area contributed by atoms with Crippen LogP contribution in [-0.4, -0.2) is 8.75 Å². The molecule has 0 amide bonds. The van der Waals surface area contributed by atoms with E-state index in [4.69, 9.17) is 17.3 Å². The highest BCUT2D eigenvalue weighted by atomic mass is 35.5. The number of hydrogen-bond donors (Lipinski definition) is 1. The molecule has 0 aliphatic rings. The molecule has 0 unspecified atom stereocenters. The van der Waals surface area contributed by atoms with Gasteiger partial charge >= 0.3 is 0 Å². The van der Waals surface area contributed by atoms with Crippen molar-refractivity contribution in [2.45, 2.75) is 0 Å². The van der Waals surface area contributed by atoms with Gasteiger partial charge in [0.05, 0.1) is 16.8 Å². The van der Waals surface area contributed by atoms with Crippen molar-refractivity contribution in [2.75, 3.05) is 5.73 Å². The van der Waals surface area contributed by atoms with E-state index in [-0.39, 0.29) is 10.8 Å². The summed E-state index contributed by atoms with van der Waals surface area (Å²) in [5.41, 5.74) is 6.66. The maximum Gasteiger partial charge on any atom is 0.165 e. The molecule has 72 valence electrons. The summed E-state index contributed by atoms with van der Waals surface area (Å²) in [6.07, 6.45) is 0. The summed E-state index contributed by atoms with van der Waals surface area (Å²) in [4.78, 5) is 0. The molecule has 0 aliphatic carbocycles. The molecule has 0 aliphatic heterocycles. The molecule has 6 heteroatoms. The van der Waals surface area contributed by atoms with Gasteiger partial charge < -0.3 is 5.73 Å². The van der Waals surface area contributed by atoms with Gasteiger partial charge in [-0.3, -0.25) is 0 Å². The minimum Gasteiger partial charge on any atom is -0.381 e. The van der Waals surface area contributed by atoms with E-state index in [1.54, 1.807) is 0 Å². The Morgan fingerprint density at radius 2 is 2.14 bits per heavy atom. The number of aromatic nitrogens is 2. The van der Waals surface area contributed by atoms with Crippen LogP contribution in [0.25, 0.3) is 11.3 Å². The number of nitrogens with two attached hydrogens (primary N) is 1. The van der Waals surface area contributed by atoms with Gasteiger partial charge in [0.25, 0.3) is 0 Å². The van der Waals surface area contributed by atoms with Crippen LogP contribution in [0.4, 0.5) is 10.2 Å². The Morgan fingerprint density at radius 1 is 1.36 bits per heavy atom. The topological polar surface area (TPSA) is 51.8 Å². The number of benzene rings is 1. The molecule has 0 radical (unpaired) electrons. The molecule has 0 bridgehead atoms. The first kappa shape index (κ1) is 9.36. The number of rotatable bonds is 1. The predicted molar refractivity (Wildman–Crippen MR) is 54.7 cm³/mol. The summed E-state index contributed by atoms with van der Waals surface area (Å²) in [6.45, 7) is 0. The third kappa shape index (κ3) is 1.56. The number of nitrogen functional groups attached to an aromatic ring is 1. The van der Waals surface area contributed by atoms with Gasteiger partial charge in [-0.05, 0) is 18.2 Å². The van der Waals surface area contributed by atoms with Gasteiger partial charge in [-0.25, -0.2) is 4.39 Å². The van der Waals surface area contributed by atoms with Crippen LogP contribution in [0.3, 0.4) is 0 Å². The fourth-order valence-corrected chi connectivity index (χ4v) is 1.81. The predicted octanol–water partition coefficient (Wildman–Crippen LogP) is 2.58. The Balaban J connectivity index is 2.58. The van der Waals surface area contributed by atoms with Gasteiger partial charge in [0, 0.05) is 5.56 Å². The molecule has 0 saturated carbocycles. The molecule has 2 aromatic rings. The Hall–Kier alpha value is -1.20. The van der Waals surface area contributed by atoms with Crippen LogP contribution in [0.1, 0.15) is 0 Å². The number of nitrogens with zero attached hydrogens (tertiary/aromatic N) is 2. The summed E-state index contributed by atoms with van der Waals surface area (Å²) in [5, 5.41) is 0.282. The highest BCUT2D eigenvalue weighted by Gasteiger charge is 2.11. The van der Waals surface area contributed by atoms with E-state index < -0.39 is 0 Å². The minimum absolute atomic E-state index is 0.282. The van der Waals surface area contributed by atoms with Crippen LogP contribution in [0.2, 0.25) is 5.02 Å². The van der Waals surface area contributed by atoms with Crippen LogP contribution in [0.15, 0.2) is 18.2 Å². The van der Waals surface area contributed by atoms with E-state index in [1.807, 2.05) is 0 Å². The lowest BCUT2D eigenvalue weighted by Crippen LogP contribution is -1.89. The van der Waals surface area contributed by atoms with Crippen LogP contribution >= 0.6 is 23.3 Å². The molecular weight excluding hydrogens is 225 g/mol. The van der Waals surface area contributed by atoms with E-state index >= 15 is 0 Å². The van der Waals surface area contributed by atoms with E-state index in [0.29, 0.717) is 17.1 Å². The largest absolute Gasteiger partial charge is 0.381 e. The van der Waals surface area contributed by atoms with Gasteiger partial charge in [-0.2, -0.15) is 8.75 Å². The van der Waals surface area contributed by atoms with Gasteiger partial charge in [0.2, 0.25) is 0 Å². The average molecular weight is 230 g/mol. The quantitative estimate of drug-likeness (QED) is 0.818. The molecule has 0 saturated heterocycles. The second-order valence-corrected chi connectivity index (χ2v) is 3.56. The standard InChI is InChI=1S/C8H5ClFN3S/c9-6-3-4(10)1-2-5(6)7-8(11)13-14-12-7/h1-3H,(H2,11,13). The second kappa shape index (κ2) is 3.51. The van der Waals surface area contributed by atoms with Gasteiger partial charge in [-0.15, -0.1) is 0 Å². The molecule has 2 N–H and O–H groups in total. The fraction of sp³-hybridized carbons (Fsp3) is 0. The Kier molecular flexibility index (Phi) is 2.35. The summed E-state index contributed by atoms with van der Waals surface area (Å²) in [7, 11) is 0. The second-order valence-electron chi connectivity index (χ2n) is 2.62. The molecule has 3 nitrogen and oxygen atoms in total. The zero-order chi connectivity index (χ0) is 10.1. The maximum atomic E-state index is 12.7. The van der Waals surface area contributed by atoms with E-state index in [1.165, 1.54) is 18.2 Å². The van der Waals surface area contributed by atoms with Crippen molar-refractivity contribution in [1.82, 2.24) is 8.75 Å². The average Bonchev–Trinajstić information content (AvgIpc) is 2.52. The fourth-order valence-electron chi connectivity index (χ4n) is 1.06. The van der Waals surface area contributed by atoms with Crippen LogP contribution in [-0.2, 0) is 0 Å². The lowest BCUT2D eigenvalue weighted by Gasteiger charge is -2.00. The van der Waals surface area contributed by atoms with E-state index in [0.717, 1.165) is 11.7 Å². The highest BCUT2D eigenvalue weighted by Crippen LogP contribution is 2.30. The summed E-state index contributed by atoms with van der Waals surface area (Å²) in [6, 6.07) is 4.06. The van der Waals surface area contributed by atoms with Gasteiger partial charge in [0.15, 0.2) is 5.82 Å². The lowest BCUT2D eigenvalue weighted by atomic mass is 10.1. The number of anilines is 1. The minimum atomic E-state index is -0.388. The molecule has 1 aromatic carbocycles. The van der Waals surface area contributed by atoms with Crippen molar-refractivity contribution in [3.63, 3.8) is 0 Å². The highest BCUT2D eigenvalue weighted by molar-refractivity contribution is 6.99. The monoisotopic (exact) mass is 229 g/mol. The van der Waals surface area contributed by atoms with Crippen molar-refractivity contribution in [1.29, 1.82) is 0 Å². The Morgan fingerprint density at radius 3 is 2.71 bits per heavy atom. The third-order valence-electron chi connectivity index (χ3n) is 1.70. The van der Waals surface area contributed by atoms with Crippen molar-refractivity contribution >= 4 is 29.1 Å². The Labute approximate surface area is 88.7 Å². The smallest absolute Gasteiger partial charge is 0.165 e. The van der Waals surface area contributed by atoms with Crippen LogP contribution in [0, 0.1) is 5.82 Å². The van der Waals surface area contributed by atoms with Crippen molar-refractivity contribution in [3.8, 4) is 11.3 Å². The maximum absolute atomic E-state index is 12.7. The van der Waals surface area contributed by atoms with Gasteiger partial charge in [-0.1, -0.05) is 11.6 Å². The summed E-state index contributed by atoms with van der Waals surface area (Å²) in [5.74, 6) is -0.0796. The zero-order valence-corrected chi connectivity index (χ0v) is 8.44. The Bertz CT molecular complexity index is 471. The molecule has 14 heavy (non-hydrogen) atoms. The van der Waals surface area contributed by atoms with Crippen molar-refractivity contribution in [3.05, 3.63) is 29.0 Å². The van der Waals surface area contributed by atoms with E-state index in [2.05, 4.69) is 8.75 Å². The molecule has 2 rings (SSSR count). The van der Waals surface area contributed by atoms with E-state index in [9.17, 15) is 4.39 Å². The van der Waals surface area contributed by atoms with Gasteiger partial charge in [0.1, 0.15) is 11.5 Å². The molecule has 0 fully saturated rings. The molecule has 0 atom stereocenters. The number of hydrogen-bond acceptors (Lipinski definition) is 4. The lowest BCUT2D eigenvalue weighted by molar-refractivity contribution is 0.628. The molecule has 0 spiro atoms. The summed E-state index contributed by atoms with van der Waals surface area (Å²) < 4.78 is 20.5. The first-order valence-electron chi connectivity index (χ1n) is 3.72. The third-order valence-corrected chi connectivity index (χ3v) is 2.56. The molecule has 1 aromatic heterocycles. The molecule has 1 heterocycles. The normalized spacial score (nSPS) is 10.4. The van der Waals surface area contributed by atoms with Crippen LogP contribution < -0.4 is 5.73 Å². The SMILES string of the molecule is Nc1nsnc1-c1ccc(F)cc1Cl. The first-order valence-corrected chi connectivity index (χ1v) is 4.83.